The largest absolute Gasteiger partial charge is 0.490 e. The van der Waals surface area contributed by atoms with Gasteiger partial charge in [0.1, 0.15) is 30.5 Å². The average molecular weight is 820 g/mol. The predicted molar refractivity (Wildman–Crippen MR) is 166 cm³/mol. The summed E-state index contributed by atoms with van der Waals surface area (Å²) in [5.74, 6) is -0.603. The van der Waals surface area contributed by atoms with Gasteiger partial charge in [-0.15, -0.1) is 0 Å². The Hall–Kier alpha value is -3.56. The van der Waals surface area contributed by atoms with E-state index in [2.05, 4.69) is 37.6 Å². The maximum Gasteiger partial charge on any atom is 0.490 e. The lowest BCUT2D eigenvalue weighted by atomic mass is 10.1. The van der Waals surface area contributed by atoms with Crippen LogP contribution in [0.4, 0.5) is 16.3 Å². The Morgan fingerprint density at radius 1 is 0.774 bits per heavy atom. The SMILES string of the molecule is Cn1c[n+]([C@@H]2O[C@H](COP(=O)(O)OP(=O)(O)OP(=O)(O)OC[C@H]3O[C@@H]([n+]4cn(C)c5c(=O)[nH]c(N)nc54)[C@H](O)[C@@H]3O)[C@@H](O)C2F)c2nc(N)[nH]c(=O)c21. The fourth-order valence-corrected chi connectivity index (χ4v) is 9.25. The third-order valence-electron chi connectivity index (χ3n) is 7.98. The van der Waals surface area contributed by atoms with E-state index in [-0.39, 0.29) is 34.2 Å². The molecule has 2 aliphatic heterocycles. The lowest BCUT2D eigenvalue weighted by molar-refractivity contribution is -0.745. The second-order valence-electron chi connectivity index (χ2n) is 11.7. The number of nitrogen functional groups attached to an aromatic ring is 2. The first kappa shape index (κ1) is 39.1. The monoisotopic (exact) mass is 820 g/mol. The van der Waals surface area contributed by atoms with Crippen LogP contribution in [-0.2, 0) is 54.9 Å². The zero-order valence-corrected chi connectivity index (χ0v) is 29.6. The molecule has 0 aliphatic carbocycles. The van der Waals surface area contributed by atoms with E-state index < -0.39 is 96.9 Å². The number of halogens is 1. The van der Waals surface area contributed by atoms with E-state index in [0.717, 1.165) is 9.13 Å². The first-order chi connectivity index (χ1) is 24.6. The van der Waals surface area contributed by atoms with Gasteiger partial charge in [-0.25, -0.2) is 27.2 Å². The van der Waals surface area contributed by atoms with Crippen molar-refractivity contribution in [2.75, 3.05) is 24.7 Å². The topological polar surface area (TPSA) is 389 Å². The molecule has 53 heavy (non-hydrogen) atoms. The molecule has 11 atom stereocenters. The van der Waals surface area contributed by atoms with Gasteiger partial charge >= 0.3 is 34.8 Å². The molecule has 0 bridgehead atoms. The standard InChI is InChI=1S/C22H30FN10O17P3/c1-30-5-32(15-10(30)17(37)28-21(24)26-15)19-9(23)12(34)7(47-19)3-45-51(39,40)49-53(43,44)50-52(41,42)46-4-8-13(35)14(36)20(48-8)33-6-31(2)11-16(33)27-22(25)29-18(11)38/h5-9,12-14,19-20,34-36H,3-4H2,1-2H3,(H7-2,24,25,26,27,28,29,37,38,39,40,41,42,43,44)/p+2/t7-,8-,9?,12-,13-,14-,19-,20-/m1/s1. The molecule has 0 spiro atoms. The quantitative estimate of drug-likeness (QED) is 0.0479. The normalized spacial score (nSPS) is 29.8. The molecule has 6 heterocycles. The molecule has 4 unspecified atom stereocenters. The number of rotatable bonds is 12. The van der Waals surface area contributed by atoms with Gasteiger partial charge in [-0.3, -0.25) is 37.7 Å². The van der Waals surface area contributed by atoms with Crippen molar-refractivity contribution in [3.8, 4) is 0 Å². The van der Waals surface area contributed by atoms with Crippen LogP contribution in [0.2, 0.25) is 0 Å². The van der Waals surface area contributed by atoms with Crippen LogP contribution in [0.3, 0.4) is 0 Å². The second-order valence-corrected chi connectivity index (χ2v) is 16.4. The van der Waals surface area contributed by atoms with E-state index in [1.165, 1.54) is 35.9 Å². The number of nitrogens with two attached hydrogens (primary N) is 2. The zero-order valence-electron chi connectivity index (χ0n) is 26.9. The summed E-state index contributed by atoms with van der Waals surface area (Å²) in [7, 11) is -14.6. The number of ether oxygens (including phenoxy) is 2. The minimum atomic E-state index is -6.03. The first-order valence-corrected chi connectivity index (χ1v) is 19.3. The number of aliphatic hydroxyl groups excluding tert-OH is 3. The van der Waals surface area contributed by atoms with Gasteiger partial charge in [0.05, 0.1) is 27.3 Å². The van der Waals surface area contributed by atoms with Gasteiger partial charge in [-0.1, -0.05) is 9.97 Å². The van der Waals surface area contributed by atoms with Crippen molar-refractivity contribution < 1.29 is 84.4 Å². The van der Waals surface area contributed by atoms with Crippen LogP contribution in [0.5, 0.6) is 0 Å². The van der Waals surface area contributed by atoms with Crippen LogP contribution in [0.15, 0.2) is 22.2 Å². The highest BCUT2D eigenvalue weighted by atomic mass is 31.3. The van der Waals surface area contributed by atoms with E-state index in [9.17, 15) is 53.3 Å². The number of nitrogens with one attached hydrogen (secondary N) is 2. The Morgan fingerprint density at radius 3 is 1.66 bits per heavy atom. The molecule has 27 nitrogen and oxygen atoms in total. The number of hydrogen-bond donors (Lipinski definition) is 10. The van der Waals surface area contributed by atoms with Crippen molar-refractivity contribution in [2.24, 2.45) is 14.1 Å². The van der Waals surface area contributed by atoms with Gasteiger partial charge in [0.15, 0.2) is 18.8 Å². The highest BCUT2D eigenvalue weighted by molar-refractivity contribution is 7.66. The van der Waals surface area contributed by atoms with E-state index >= 15 is 4.39 Å². The summed E-state index contributed by atoms with van der Waals surface area (Å²) < 4.78 is 85.5. The molecule has 0 saturated carbocycles. The molecular formula is C22H32FN10O17P3+2. The number of hydrogen-bond acceptors (Lipinski definition) is 18. The molecular weight excluding hydrogens is 788 g/mol. The highest BCUT2D eigenvalue weighted by Gasteiger charge is 2.51. The lowest BCUT2D eigenvalue weighted by Crippen LogP contribution is -2.46. The van der Waals surface area contributed by atoms with Gasteiger partial charge in [-0.05, 0) is 0 Å². The lowest BCUT2D eigenvalue weighted by Gasteiger charge is -2.21. The number of phosphoric acid groups is 3. The molecule has 4 aromatic heterocycles. The molecule has 4 aromatic rings. The number of imidazole rings is 2. The number of aliphatic hydroxyl groups is 3. The number of nitrogens with zero attached hydrogens (tertiary/aromatic N) is 6. The van der Waals surface area contributed by atoms with Gasteiger partial charge in [0, 0.05) is 0 Å². The molecule has 0 radical (unpaired) electrons. The van der Waals surface area contributed by atoms with E-state index in [1.807, 2.05) is 0 Å². The number of alkyl halides is 1. The highest BCUT2D eigenvalue weighted by Crippen LogP contribution is 2.67. The Balaban J connectivity index is 1.05. The van der Waals surface area contributed by atoms with Crippen molar-refractivity contribution in [1.82, 2.24) is 29.1 Å². The van der Waals surface area contributed by atoms with E-state index in [4.69, 9.17) is 20.9 Å². The third-order valence-corrected chi connectivity index (χ3v) is 12.2. The summed E-state index contributed by atoms with van der Waals surface area (Å²) in [4.78, 5) is 67.1. The number of aromatic amines is 2. The van der Waals surface area contributed by atoms with Gasteiger partial charge < -0.3 is 50.9 Å². The number of aryl methyl sites for hydroxylation is 2. The van der Waals surface area contributed by atoms with Gasteiger partial charge in [0.25, 0.3) is 23.0 Å². The first-order valence-electron chi connectivity index (χ1n) is 14.8. The number of H-pyrrole nitrogens is 2. The van der Waals surface area contributed by atoms with Crippen LogP contribution in [0, 0.1) is 0 Å². The van der Waals surface area contributed by atoms with Crippen molar-refractivity contribution in [3.05, 3.63) is 33.4 Å². The maximum atomic E-state index is 15.2. The van der Waals surface area contributed by atoms with Gasteiger partial charge in [-0.2, -0.15) is 8.62 Å². The summed E-state index contributed by atoms with van der Waals surface area (Å²) in [6.45, 7) is -2.25. The third kappa shape index (κ3) is 7.71. The fourth-order valence-electron chi connectivity index (χ4n) is 5.73. The minimum absolute atomic E-state index is 0.00586. The molecule has 6 rings (SSSR count). The Bertz CT molecular complexity index is 2180. The van der Waals surface area contributed by atoms with Crippen molar-refractivity contribution in [3.63, 3.8) is 0 Å². The van der Waals surface area contributed by atoms with E-state index in [1.54, 1.807) is 0 Å². The predicted octanol–water partition coefficient (Wildman–Crippen LogP) is -4.14. The summed E-state index contributed by atoms with van der Waals surface area (Å²) >= 11 is 0. The molecule has 31 heteroatoms. The molecule has 292 valence electrons. The molecule has 2 fully saturated rings. The molecule has 2 saturated heterocycles. The summed E-state index contributed by atoms with van der Waals surface area (Å²) in [6, 6.07) is 0. The summed E-state index contributed by atoms with van der Waals surface area (Å²) in [5.41, 5.74) is 9.62. The van der Waals surface area contributed by atoms with Gasteiger partial charge in [0.2, 0.25) is 23.5 Å². The van der Waals surface area contributed by atoms with Crippen molar-refractivity contribution >= 4 is 57.7 Å². The number of phosphoric ester groups is 2. The fraction of sp³-hybridized carbons (Fsp3) is 0.545. The Morgan fingerprint density at radius 2 is 1.19 bits per heavy atom. The van der Waals surface area contributed by atoms with Crippen LogP contribution >= 0.6 is 23.5 Å². The maximum absolute atomic E-state index is 15.2. The van der Waals surface area contributed by atoms with Crippen LogP contribution in [0.25, 0.3) is 22.3 Å². The number of anilines is 2. The smallest absolute Gasteiger partial charge is 0.387 e. The Kier molecular flexibility index (Phi) is 10.3. The molecule has 0 aromatic carbocycles. The van der Waals surface area contributed by atoms with Crippen LogP contribution in [-0.4, -0.2) is 109 Å². The van der Waals surface area contributed by atoms with E-state index in [0.29, 0.717) is 0 Å². The zero-order chi connectivity index (χ0) is 38.9. The molecule has 0 amide bonds. The number of fused-ring (bicyclic) bond motifs is 2. The van der Waals surface area contributed by atoms with Crippen molar-refractivity contribution in [1.29, 1.82) is 0 Å². The van der Waals surface area contributed by atoms with Crippen molar-refractivity contribution in [2.45, 2.75) is 49.1 Å². The molecule has 12 N–H and O–H groups in total. The number of aromatic nitrogens is 8. The Labute approximate surface area is 292 Å². The summed E-state index contributed by atoms with van der Waals surface area (Å²) in [6.07, 6.45) is -11.9. The average Bonchev–Trinajstić information content (AvgIpc) is 3.71. The summed E-state index contributed by atoms with van der Waals surface area (Å²) in [5, 5.41) is 31.5. The van der Waals surface area contributed by atoms with Crippen LogP contribution in [0.1, 0.15) is 12.5 Å². The molecule has 2 aliphatic rings. The van der Waals surface area contributed by atoms with Crippen LogP contribution < -0.4 is 31.7 Å². The second kappa shape index (κ2) is 13.9. The minimum Gasteiger partial charge on any atom is -0.387 e.